The van der Waals surface area contributed by atoms with Gasteiger partial charge in [-0.2, -0.15) is 0 Å². The van der Waals surface area contributed by atoms with Crippen molar-refractivity contribution >= 4 is 23.1 Å². The molecule has 7 heteroatoms. The number of phenolic OH excluding ortho intramolecular Hbond substituents is 1. The lowest BCUT2D eigenvalue weighted by Gasteiger charge is -2.27. The highest BCUT2D eigenvalue weighted by Gasteiger charge is 2.42. The van der Waals surface area contributed by atoms with Gasteiger partial charge in [0.25, 0.3) is 5.17 Å². The van der Waals surface area contributed by atoms with Crippen LogP contribution in [0.1, 0.15) is 41.7 Å². The lowest BCUT2D eigenvalue weighted by atomic mass is 9.93. The highest BCUT2D eigenvalue weighted by Crippen LogP contribution is 2.43. The van der Waals surface area contributed by atoms with Crippen molar-refractivity contribution in [1.29, 1.82) is 0 Å². The summed E-state index contributed by atoms with van der Waals surface area (Å²) in [4.78, 5) is 1.88. The van der Waals surface area contributed by atoms with Gasteiger partial charge in [0.05, 0.1) is 12.7 Å². The average Bonchev–Trinajstić information content (AvgIpc) is 3.28. The van der Waals surface area contributed by atoms with E-state index in [1.165, 1.54) is 18.2 Å². The average molecular weight is 530 g/mol. The van der Waals surface area contributed by atoms with E-state index in [4.69, 9.17) is 17.0 Å². The summed E-state index contributed by atoms with van der Waals surface area (Å²) in [5.41, 5.74) is 4.79. The van der Waals surface area contributed by atoms with Crippen molar-refractivity contribution in [2.45, 2.75) is 37.7 Å². The summed E-state index contributed by atoms with van der Waals surface area (Å²) in [5, 5.41) is 31.4. The number of rotatable bonds is 8. The Kier molecular flexibility index (Phi) is 7.69. The van der Waals surface area contributed by atoms with E-state index in [9.17, 15) is 19.7 Å². The van der Waals surface area contributed by atoms with Crippen LogP contribution >= 0.6 is 12.2 Å². The lowest BCUT2D eigenvalue weighted by molar-refractivity contribution is 0.126. The Morgan fingerprint density at radius 2 is 1.58 bits per heavy atom. The largest absolute Gasteiger partial charge is 0.508 e. The van der Waals surface area contributed by atoms with Gasteiger partial charge in [0, 0.05) is 11.3 Å². The van der Waals surface area contributed by atoms with Gasteiger partial charge in [0.15, 0.2) is 0 Å². The van der Waals surface area contributed by atoms with Crippen LogP contribution in [0.15, 0.2) is 97.1 Å². The molecule has 194 valence electrons. The van der Waals surface area contributed by atoms with Crippen molar-refractivity contribution in [1.82, 2.24) is 0 Å². The Balaban J connectivity index is 1.45. The minimum atomic E-state index is -0.807. The molecular formula is C31H28FNO4S. The summed E-state index contributed by atoms with van der Waals surface area (Å²) in [7, 11) is 0. The summed E-state index contributed by atoms with van der Waals surface area (Å²) in [6.45, 7) is -0.189. The molecule has 1 fully saturated rings. The van der Waals surface area contributed by atoms with E-state index in [1.807, 2.05) is 59.5 Å². The van der Waals surface area contributed by atoms with Crippen molar-refractivity contribution in [2.75, 3.05) is 4.90 Å². The standard InChI is InChI=1S/C31H28FNO4S/c32-24-11-7-23(8-12-24)27(35)16-17-29-30(26-15-6-20(19-34)18-28(26)36)33(31(38)37-29)25-13-9-22(10-14-25)21-4-2-1-3-5-21/h1-15,18,27,29-30,34-36H,16-17,19H2/t27?,29-,30-/m1/s1. The number of thiocarbonyl (C=S) groups is 1. The molecule has 0 saturated carbocycles. The van der Waals surface area contributed by atoms with Crippen LogP contribution in [-0.4, -0.2) is 26.6 Å². The topological polar surface area (TPSA) is 73.2 Å². The number of aromatic hydroxyl groups is 1. The maximum atomic E-state index is 13.3. The van der Waals surface area contributed by atoms with E-state index in [-0.39, 0.29) is 23.3 Å². The predicted molar refractivity (Wildman–Crippen MR) is 149 cm³/mol. The second-order valence-electron chi connectivity index (χ2n) is 9.35. The van der Waals surface area contributed by atoms with Crippen LogP contribution in [0.4, 0.5) is 10.1 Å². The first kappa shape index (κ1) is 25.9. The Hall–Kier alpha value is -3.78. The molecule has 5 nitrogen and oxygen atoms in total. The molecule has 0 aromatic heterocycles. The molecule has 0 bridgehead atoms. The molecule has 1 unspecified atom stereocenters. The molecule has 3 N–H and O–H groups in total. The number of aliphatic hydroxyl groups excluding tert-OH is 2. The Bertz CT molecular complexity index is 1400. The van der Waals surface area contributed by atoms with Gasteiger partial charge in [-0.3, -0.25) is 4.90 Å². The monoisotopic (exact) mass is 529 g/mol. The molecule has 1 aliphatic rings. The summed E-state index contributed by atoms with van der Waals surface area (Å²) < 4.78 is 19.5. The molecule has 1 heterocycles. The van der Waals surface area contributed by atoms with Gasteiger partial charge >= 0.3 is 0 Å². The Morgan fingerprint density at radius 1 is 0.895 bits per heavy atom. The highest BCUT2D eigenvalue weighted by atomic mass is 32.1. The number of ether oxygens (including phenoxy) is 1. The molecule has 5 rings (SSSR count). The van der Waals surface area contributed by atoms with Crippen molar-refractivity contribution in [2.24, 2.45) is 0 Å². The second-order valence-corrected chi connectivity index (χ2v) is 9.70. The maximum absolute atomic E-state index is 13.3. The number of halogens is 1. The van der Waals surface area contributed by atoms with Crippen LogP contribution in [0, 0.1) is 5.82 Å². The number of hydrogen-bond donors (Lipinski definition) is 3. The third kappa shape index (κ3) is 5.41. The van der Waals surface area contributed by atoms with Crippen molar-refractivity contribution < 1.29 is 24.4 Å². The maximum Gasteiger partial charge on any atom is 0.264 e. The third-order valence-electron chi connectivity index (χ3n) is 6.91. The molecule has 0 radical (unpaired) electrons. The SMILES string of the molecule is OCc1ccc([C@@H]2[C@@H](CCC(O)c3ccc(F)cc3)OC(=S)N2c2ccc(-c3ccccc3)cc2)c(O)c1. The normalized spacial score (nSPS) is 17.9. The highest BCUT2D eigenvalue weighted by molar-refractivity contribution is 7.80. The predicted octanol–water partition coefficient (Wildman–Crippen LogP) is 6.44. The first-order chi connectivity index (χ1) is 18.4. The van der Waals surface area contributed by atoms with E-state index in [0.717, 1.165) is 16.8 Å². The molecular weight excluding hydrogens is 501 g/mol. The summed E-state index contributed by atoms with van der Waals surface area (Å²) in [6, 6.07) is 28.4. The van der Waals surface area contributed by atoms with E-state index in [2.05, 4.69) is 0 Å². The molecule has 0 amide bonds. The van der Waals surface area contributed by atoms with Gasteiger partial charge in [-0.15, -0.1) is 0 Å². The Morgan fingerprint density at radius 3 is 2.24 bits per heavy atom. The first-order valence-corrected chi connectivity index (χ1v) is 12.9. The van der Waals surface area contributed by atoms with Crippen LogP contribution in [0.25, 0.3) is 11.1 Å². The van der Waals surface area contributed by atoms with Gasteiger partial charge in [-0.1, -0.05) is 66.7 Å². The zero-order valence-electron chi connectivity index (χ0n) is 20.6. The minimum Gasteiger partial charge on any atom is -0.508 e. The van der Waals surface area contributed by atoms with Gasteiger partial charge in [0.2, 0.25) is 0 Å². The van der Waals surface area contributed by atoms with Gasteiger partial charge in [-0.05, 0) is 77.6 Å². The van der Waals surface area contributed by atoms with Gasteiger partial charge < -0.3 is 20.1 Å². The quantitative estimate of drug-likeness (QED) is 0.228. The fraction of sp³-hybridized carbons (Fsp3) is 0.194. The number of anilines is 1. The van der Waals surface area contributed by atoms with E-state index < -0.39 is 18.2 Å². The molecule has 3 atom stereocenters. The van der Waals surface area contributed by atoms with Crippen LogP contribution in [-0.2, 0) is 11.3 Å². The Labute approximate surface area is 226 Å². The molecule has 0 spiro atoms. The number of nitrogens with zero attached hydrogens (tertiary/aromatic N) is 1. The van der Waals surface area contributed by atoms with E-state index >= 15 is 0 Å². The zero-order valence-corrected chi connectivity index (χ0v) is 21.4. The van der Waals surface area contributed by atoms with E-state index in [1.54, 1.807) is 24.3 Å². The summed E-state index contributed by atoms with van der Waals surface area (Å²) >= 11 is 5.66. The van der Waals surface area contributed by atoms with Crippen molar-refractivity contribution in [3.63, 3.8) is 0 Å². The molecule has 38 heavy (non-hydrogen) atoms. The summed E-state index contributed by atoms with van der Waals surface area (Å²) in [5.74, 6) is -0.328. The van der Waals surface area contributed by atoms with Crippen LogP contribution in [0.3, 0.4) is 0 Å². The number of phenols is 1. The minimum absolute atomic E-state index is 0.0323. The number of aliphatic hydroxyl groups is 2. The molecule has 1 saturated heterocycles. The lowest BCUT2D eigenvalue weighted by Crippen LogP contribution is -2.29. The fourth-order valence-corrected chi connectivity index (χ4v) is 5.25. The third-order valence-corrected chi connectivity index (χ3v) is 7.20. The van der Waals surface area contributed by atoms with E-state index in [0.29, 0.717) is 29.5 Å². The van der Waals surface area contributed by atoms with Crippen molar-refractivity contribution in [3.8, 4) is 16.9 Å². The molecule has 1 aliphatic heterocycles. The van der Waals surface area contributed by atoms with Gasteiger partial charge in [0.1, 0.15) is 23.7 Å². The van der Waals surface area contributed by atoms with Crippen LogP contribution in [0.5, 0.6) is 5.75 Å². The second kappa shape index (κ2) is 11.3. The smallest absolute Gasteiger partial charge is 0.264 e. The first-order valence-electron chi connectivity index (χ1n) is 12.5. The van der Waals surface area contributed by atoms with Crippen LogP contribution < -0.4 is 4.90 Å². The fourth-order valence-electron chi connectivity index (χ4n) is 4.91. The molecule has 0 aliphatic carbocycles. The van der Waals surface area contributed by atoms with Crippen molar-refractivity contribution in [3.05, 3.63) is 120 Å². The number of hydrogen-bond acceptors (Lipinski definition) is 5. The van der Waals surface area contributed by atoms with Gasteiger partial charge in [-0.25, -0.2) is 4.39 Å². The molecule has 4 aromatic carbocycles. The zero-order chi connectivity index (χ0) is 26.6. The molecule has 4 aromatic rings. The summed E-state index contributed by atoms with van der Waals surface area (Å²) in [6.07, 6.45) is -0.482. The number of benzene rings is 4. The van der Waals surface area contributed by atoms with Crippen LogP contribution in [0.2, 0.25) is 0 Å².